The molecule has 0 aliphatic carbocycles. The molecule has 10 heteroatoms. The van der Waals surface area contributed by atoms with E-state index in [1.165, 1.54) is 18.1 Å². The van der Waals surface area contributed by atoms with Crippen LogP contribution in [0.15, 0.2) is 6.33 Å². The number of nitrogens with two attached hydrogens (primary N) is 2. The molecule has 1 unspecified atom stereocenters. The van der Waals surface area contributed by atoms with Crippen molar-refractivity contribution in [2.45, 2.75) is 22.8 Å². The lowest BCUT2D eigenvalue weighted by molar-refractivity contribution is 0.0113. The summed E-state index contributed by atoms with van der Waals surface area (Å²) in [7, 11) is 0. The van der Waals surface area contributed by atoms with Crippen LogP contribution in [0, 0.1) is 0 Å². The van der Waals surface area contributed by atoms with Gasteiger partial charge in [-0.3, -0.25) is 4.57 Å². The summed E-state index contributed by atoms with van der Waals surface area (Å²) >= 11 is 1.24. The molecule has 20 heavy (non-hydrogen) atoms. The van der Waals surface area contributed by atoms with Gasteiger partial charge >= 0.3 is 0 Å². The Morgan fingerprint density at radius 2 is 2.00 bits per heavy atom. The van der Waals surface area contributed by atoms with Crippen LogP contribution in [-0.4, -0.2) is 58.9 Å². The van der Waals surface area contributed by atoms with Crippen LogP contribution in [0.1, 0.15) is 5.37 Å². The molecule has 1 saturated heterocycles. The lowest BCUT2D eigenvalue weighted by Gasteiger charge is -2.17. The summed E-state index contributed by atoms with van der Waals surface area (Å²) in [6.07, 6.45) is -0.612. The number of aliphatic hydroxyl groups excluding tert-OH is 3. The second kappa shape index (κ2) is 4.74. The third-order valence-electron chi connectivity index (χ3n) is 3.26. The van der Waals surface area contributed by atoms with Crippen LogP contribution in [0.4, 0.5) is 11.8 Å². The molecule has 1 fully saturated rings. The van der Waals surface area contributed by atoms with Gasteiger partial charge in [-0.05, 0) is 0 Å². The first kappa shape index (κ1) is 13.4. The maximum Gasteiger partial charge on any atom is 0.224 e. The van der Waals surface area contributed by atoms with E-state index in [0.717, 1.165) is 0 Å². The van der Waals surface area contributed by atoms with E-state index in [9.17, 15) is 15.3 Å². The number of hydrogen-bond acceptors (Lipinski definition) is 9. The van der Waals surface area contributed by atoms with E-state index in [1.54, 1.807) is 4.57 Å². The Bertz CT molecular complexity index is 649. The SMILES string of the molecule is Nc1nc(N)c2ncn(C3S[C@@H](CO)[C@H](O)[C@H]3O)c2n1. The zero-order valence-corrected chi connectivity index (χ0v) is 11.1. The quantitative estimate of drug-likeness (QED) is 0.436. The first-order valence-corrected chi connectivity index (χ1v) is 6.85. The van der Waals surface area contributed by atoms with Crippen molar-refractivity contribution in [2.24, 2.45) is 0 Å². The summed E-state index contributed by atoms with van der Waals surface area (Å²) in [5.74, 6) is 0.163. The standard InChI is InChI=1S/C10H14N6O3S/c11-7-4-8(15-10(12)14-7)16(2-13-4)9-6(19)5(18)3(1-17)20-9/h2-3,5-6,9,17-19H,1H2,(H4,11,12,14,15)/t3-,5-,6+,9?/m0/s1. The van der Waals surface area contributed by atoms with Crippen molar-refractivity contribution in [2.75, 3.05) is 18.1 Å². The highest BCUT2D eigenvalue weighted by molar-refractivity contribution is 8.00. The maximum absolute atomic E-state index is 10.1. The molecule has 0 spiro atoms. The fourth-order valence-corrected chi connectivity index (χ4v) is 3.63. The van der Waals surface area contributed by atoms with E-state index < -0.39 is 22.8 Å². The predicted octanol–water partition coefficient (Wildman–Crippen LogP) is -1.68. The molecule has 0 radical (unpaired) electrons. The Hall–Kier alpha value is -1.62. The van der Waals surface area contributed by atoms with Crippen LogP contribution in [0.3, 0.4) is 0 Å². The number of fused-ring (bicyclic) bond motifs is 1. The maximum atomic E-state index is 10.1. The Balaban J connectivity index is 2.07. The van der Waals surface area contributed by atoms with Crippen molar-refractivity contribution < 1.29 is 15.3 Å². The van der Waals surface area contributed by atoms with Gasteiger partial charge in [0.05, 0.1) is 24.3 Å². The van der Waals surface area contributed by atoms with E-state index in [0.29, 0.717) is 11.2 Å². The average molecular weight is 298 g/mol. The molecule has 3 heterocycles. The lowest BCUT2D eigenvalue weighted by atomic mass is 10.1. The predicted molar refractivity (Wildman–Crippen MR) is 73.7 cm³/mol. The molecular formula is C10H14N6O3S. The zero-order valence-electron chi connectivity index (χ0n) is 10.3. The molecule has 9 nitrogen and oxygen atoms in total. The van der Waals surface area contributed by atoms with E-state index in [-0.39, 0.29) is 18.4 Å². The Morgan fingerprint density at radius 1 is 1.25 bits per heavy atom. The van der Waals surface area contributed by atoms with Crippen LogP contribution < -0.4 is 11.5 Å². The van der Waals surface area contributed by atoms with Gasteiger partial charge in [0.15, 0.2) is 11.5 Å². The van der Waals surface area contributed by atoms with Gasteiger partial charge in [-0.2, -0.15) is 9.97 Å². The van der Waals surface area contributed by atoms with Crippen LogP contribution in [0.25, 0.3) is 11.2 Å². The molecule has 0 bridgehead atoms. The van der Waals surface area contributed by atoms with Crippen molar-refractivity contribution in [1.82, 2.24) is 19.5 Å². The fraction of sp³-hybridized carbons (Fsp3) is 0.500. The lowest BCUT2D eigenvalue weighted by Crippen LogP contribution is -2.32. The van der Waals surface area contributed by atoms with E-state index in [1.807, 2.05) is 0 Å². The first-order chi connectivity index (χ1) is 9.52. The van der Waals surface area contributed by atoms with Crippen molar-refractivity contribution in [1.29, 1.82) is 0 Å². The van der Waals surface area contributed by atoms with Crippen LogP contribution in [-0.2, 0) is 0 Å². The number of aromatic nitrogens is 4. The number of thioether (sulfide) groups is 1. The number of aliphatic hydroxyl groups is 3. The normalized spacial score (nSPS) is 30.1. The summed E-state index contributed by atoms with van der Waals surface area (Å²) in [5.41, 5.74) is 12.1. The number of hydrogen-bond donors (Lipinski definition) is 5. The molecule has 0 aromatic carbocycles. The topological polar surface area (TPSA) is 156 Å². The Kier molecular flexibility index (Phi) is 3.17. The smallest absolute Gasteiger partial charge is 0.224 e. The van der Waals surface area contributed by atoms with Crippen LogP contribution >= 0.6 is 11.8 Å². The van der Waals surface area contributed by atoms with Gasteiger partial charge in [0.25, 0.3) is 0 Å². The molecule has 1 aliphatic heterocycles. The minimum Gasteiger partial charge on any atom is -0.395 e. The summed E-state index contributed by atoms with van der Waals surface area (Å²) in [6.45, 7) is -0.231. The molecule has 0 saturated carbocycles. The summed E-state index contributed by atoms with van der Waals surface area (Å²) in [6, 6.07) is 0. The molecule has 3 rings (SSSR count). The molecule has 2 aromatic heterocycles. The molecule has 0 amide bonds. The number of nitrogens with zero attached hydrogens (tertiary/aromatic N) is 4. The van der Waals surface area contributed by atoms with E-state index in [2.05, 4.69) is 15.0 Å². The number of nitrogen functional groups attached to an aromatic ring is 2. The molecular weight excluding hydrogens is 284 g/mol. The van der Waals surface area contributed by atoms with Crippen molar-refractivity contribution in [3.63, 3.8) is 0 Å². The van der Waals surface area contributed by atoms with Crippen LogP contribution in [0.2, 0.25) is 0 Å². The molecule has 1 aliphatic rings. The first-order valence-electron chi connectivity index (χ1n) is 5.91. The summed E-state index contributed by atoms with van der Waals surface area (Å²) < 4.78 is 1.58. The van der Waals surface area contributed by atoms with Gasteiger partial charge in [-0.25, -0.2) is 4.98 Å². The minimum absolute atomic E-state index is 0.00786. The van der Waals surface area contributed by atoms with Gasteiger partial charge in [0.2, 0.25) is 5.95 Å². The van der Waals surface area contributed by atoms with E-state index in [4.69, 9.17) is 11.5 Å². The largest absolute Gasteiger partial charge is 0.395 e. The third-order valence-corrected chi connectivity index (χ3v) is 4.82. The molecule has 4 atom stereocenters. The van der Waals surface area contributed by atoms with Gasteiger partial charge in [-0.15, -0.1) is 11.8 Å². The monoisotopic (exact) mass is 298 g/mol. The highest BCUT2D eigenvalue weighted by Gasteiger charge is 2.43. The molecule has 7 N–H and O–H groups in total. The number of anilines is 2. The molecule has 108 valence electrons. The summed E-state index contributed by atoms with van der Waals surface area (Å²) in [4.78, 5) is 12.0. The van der Waals surface area contributed by atoms with Gasteiger partial charge in [0.1, 0.15) is 17.0 Å². The van der Waals surface area contributed by atoms with Gasteiger partial charge in [-0.1, -0.05) is 0 Å². The van der Waals surface area contributed by atoms with Gasteiger partial charge in [0, 0.05) is 0 Å². The second-order valence-corrected chi connectivity index (χ2v) is 5.88. The molecule has 2 aromatic rings. The number of imidazole rings is 1. The Labute approximate surface area is 117 Å². The Morgan fingerprint density at radius 3 is 2.65 bits per heavy atom. The fourth-order valence-electron chi connectivity index (χ4n) is 2.25. The highest BCUT2D eigenvalue weighted by atomic mass is 32.2. The highest BCUT2D eigenvalue weighted by Crippen LogP contribution is 2.42. The van der Waals surface area contributed by atoms with Crippen LogP contribution in [0.5, 0.6) is 0 Å². The van der Waals surface area contributed by atoms with Gasteiger partial charge < -0.3 is 26.8 Å². The van der Waals surface area contributed by atoms with Crippen molar-refractivity contribution in [3.05, 3.63) is 6.33 Å². The second-order valence-electron chi connectivity index (χ2n) is 4.52. The van der Waals surface area contributed by atoms with Crippen molar-refractivity contribution >= 4 is 34.7 Å². The zero-order chi connectivity index (χ0) is 14.4. The average Bonchev–Trinajstić information content (AvgIpc) is 2.93. The third kappa shape index (κ3) is 1.88. The minimum atomic E-state index is -1.05. The number of rotatable bonds is 2. The van der Waals surface area contributed by atoms with Crippen molar-refractivity contribution in [3.8, 4) is 0 Å². The summed E-state index contributed by atoms with van der Waals surface area (Å²) in [5, 5.41) is 28.1. The van der Waals surface area contributed by atoms with E-state index >= 15 is 0 Å².